The maximum atomic E-state index is 14.8. The molecule has 1 aliphatic heterocycles. The summed E-state index contributed by atoms with van der Waals surface area (Å²) in [6.45, 7) is 2.56. The number of carbonyl (C=O) groups is 14. The molecule has 13 N–H and O–H groups in total. The first-order valence-electron chi connectivity index (χ1n) is 33.9. The maximum absolute atomic E-state index is 14.8. The number of benzene rings is 2. The number of aliphatic carboxylic acids is 8. The third-order valence-corrected chi connectivity index (χ3v) is 17.1. The van der Waals surface area contributed by atoms with Crippen LogP contribution in [0.4, 0.5) is 4.79 Å². The number of nitrogens with zero attached hydrogens (tertiary/aromatic N) is 4. The van der Waals surface area contributed by atoms with E-state index >= 15 is 0 Å². The molecule has 0 radical (unpaired) electrons. The Morgan fingerprint density at radius 1 is 0.475 bits per heavy atom. The van der Waals surface area contributed by atoms with Gasteiger partial charge in [-0.15, -0.1) is 0 Å². The number of hydrogen-bond acceptors (Lipinski definition) is 20. The summed E-state index contributed by atoms with van der Waals surface area (Å²) in [4.78, 5) is 182. The van der Waals surface area contributed by atoms with Crippen molar-refractivity contribution in [3.05, 3.63) is 65.2 Å². The molecule has 3 rings (SSSR count). The normalized spacial score (nSPS) is 15.2. The molecule has 2 aromatic carbocycles. The van der Waals surface area contributed by atoms with Crippen molar-refractivity contribution >= 4 is 83.1 Å². The van der Waals surface area contributed by atoms with E-state index in [1.807, 2.05) is 13.8 Å². The standard InChI is InChI=1S/C68H101N9O23.Lu/c1-44(2)49-38-46(22-25-55(49)79)39-53(70-58(82)26-24-54(67(98)99)77-35-33-75(42-61(87)88)31-29-74(41-60(85)86)30-32-76(34-36-77)43-62(89)90)56(80)40-47(37-45-15-7-5-8-16-45)63(91)71-50(64(92)93)20-13-14-28-69-57(81)21-12-4-3-9-17-48(78)18-10-6-11-19-51(65(94)95)72-68(100)73-52(66(96)97)23-27-59(83)84;/h5,7-8,15-16,22,25,38,44,47,50-54,79H,3-4,6,9-14,17-21,23-24,26-37,39-43H2,1-2H3,(H,69,81)(H,70,82)(H,71,91)(H,83,84)(H,85,86)(H,87,88)(H,89,90)(H,92,93)(H,94,95)(H,96,97)(H,98,99)(H2,72,73,100);/q;+3/p-1/t47-,50+,51-,52-,53+,54+;/m0./s1/i;1+2. The summed E-state index contributed by atoms with van der Waals surface area (Å²) in [7, 11) is 0. The second-order valence-electron chi connectivity index (χ2n) is 25.5. The number of aromatic hydroxyl groups is 1. The Morgan fingerprint density at radius 3 is 1.50 bits per heavy atom. The number of amides is 5. The largest absolute Gasteiger partial charge is 3.00 e. The number of hydrogen-bond donors (Lipinski definition) is 13. The Morgan fingerprint density at radius 2 is 0.980 bits per heavy atom. The number of carboxylic acid groups (broad SMARTS) is 8. The van der Waals surface area contributed by atoms with Crippen LogP contribution < -0.4 is 31.7 Å². The smallest absolute Gasteiger partial charge is 0.549 e. The van der Waals surface area contributed by atoms with Gasteiger partial charge in [-0.05, 0) is 99.3 Å². The Labute approximate surface area is 615 Å². The van der Waals surface area contributed by atoms with Gasteiger partial charge in [-0.25, -0.2) is 19.2 Å². The van der Waals surface area contributed by atoms with Crippen LogP contribution in [0.25, 0.3) is 0 Å². The fraction of sp³-hybridized carbons (Fsp3) is 0.618. The molecule has 0 saturated carbocycles. The van der Waals surface area contributed by atoms with Crippen LogP contribution in [0.1, 0.15) is 158 Å². The Bertz CT molecular complexity index is 3020. The molecule has 1 fully saturated rings. The minimum absolute atomic E-state index is 0. The van der Waals surface area contributed by atoms with Gasteiger partial charge in [0.2, 0.25) is 17.7 Å². The molecule has 2 aromatic rings. The summed E-state index contributed by atoms with van der Waals surface area (Å²) < 4.78 is 0. The summed E-state index contributed by atoms with van der Waals surface area (Å²) in [6, 6.07) is 5.25. The minimum Gasteiger partial charge on any atom is -0.549 e. The molecular formula is C68H100LuN9O23+2. The molecule has 6 atom stereocenters. The van der Waals surface area contributed by atoms with Crippen molar-refractivity contribution in [2.75, 3.05) is 78.5 Å². The van der Waals surface area contributed by atoms with Crippen molar-refractivity contribution in [3.8, 4) is 5.75 Å². The van der Waals surface area contributed by atoms with Gasteiger partial charge >= 0.3 is 84.7 Å². The first-order chi connectivity index (χ1) is 47.4. The number of urea groups is 1. The van der Waals surface area contributed by atoms with Gasteiger partial charge in [-0.3, -0.25) is 62.8 Å². The molecule has 568 valence electrons. The van der Waals surface area contributed by atoms with E-state index in [2.05, 4.69) is 26.6 Å². The van der Waals surface area contributed by atoms with Gasteiger partial charge in [0.05, 0.1) is 25.1 Å². The molecule has 1 heterocycles. The van der Waals surface area contributed by atoms with Gasteiger partial charge < -0.3 is 77.3 Å². The fourth-order valence-electron chi connectivity index (χ4n) is 11.5. The molecule has 1 aliphatic rings. The molecule has 0 unspecified atom stereocenters. The molecule has 0 aliphatic carbocycles. The third kappa shape index (κ3) is 38.1. The molecule has 0 spiro atoms. The van der Waals surface area contributed by atoms with Gasteiger partial charge in [-0.2, -0.15) is 0 Å². The molecule has 33 heteroatoms. The summed E-state index contributed by atoms with van der Waals surface area (Å²) in [6.07, 6.45) is 2.78. The van der Waals surface area contributed by atoms with Crippen LogP contribution in [0.5, 0.6) is 5.75 Å². The van der Waals surface area contributed by atoms with Gasteiger partial charge in [0.1, 0.15) is 35.7 Å². The molecule has 1 saturated heterocycles. The van der Waals surface area contributed by atoms with E-state index in [1.54, 1.807) is 42.5 Å². The van der Waals surface area contributed by atoms with Gasteiger partial charge in [0.15, 0.2) is 5.78 Å². The fourth-order valence-corrected chi connectivity index (χ4v) is 11.5. The quantitative estimate of drug-likeness (QED) is 0.0418. The number of phenols is 1. The summed E-state index contributed by atoms with van der Waals surface area (Å²) in [5.41, 5.74) is 1.69. The van der Waals surface area contributed by atoms with Crippen molar-refractivity contribution < 1.29 is 150 Å². The molecule has 32 nitrogen and oxygen atoms in total. The number of carboxylic acids is 8. The molecule has 0 bridgehead atoms. The van der Waals surface area contributed by atoms with Crippen molar-refractivity contribution in [2.45, 2.75) is 185 Å². The minimum atomic E-state index is -1.53. The summed E-state index contributed by atoms with van der Waals surface area (Å²) in [5, 5.41) is 103. The van der Waals surface area contributed by atoms with Gasteiger partial charge in [0, 0.05) is 110 Å². The van der Waals surface area contributed by atoms with Crippen LogP contribution in [0.2, 0.25) is 0 Å². The monoisotopic (exact) mass is 1590 g/mol. The van der Waals surface area contributed by atoms with Crippen LogP contribution in [-0.2, 0) is 75.2 Å². The number of nitrogens with one attached hydrogen (secondary N) is 5. The van der Waals surface area contributed by atoms with Crippen LogP contribution in [0, 0.1) is 42.8 Å². The van der Waals surface area contributed by atoms with E-state index in [1.165, 1.54) is 25.7 Å². The zero-order valence-electron chi connectivity index (χ0n) is 57.2. The Kier molecular flexibility index (Phi) is 43.1. The average Bonchev–Trinajstić information content (AvgIpc) is 0.856. The zero-order valence-corrected chi connectivity index (χ0v) is 58.9. The van der Waals surface area contributed by atoms with E-state index in [9.17, 15) is 108 Å². The number of ketones is 2. The molecule has 5 amide bonds. The molecule has 0 aromatic heterocycles. The number of Topliss-reactive ketones (excluding diaryl/α,β-unsaturated/α-hetero) is 2. The Balaban J connectivity index is 0.0000347. The van der Waals surface area contributed by atoms with Crippen molar-refractivity contribution in [3.63, 3.8) is 0 Å². The topological polar surface area (TPSA) is 497 Å². The number of unbranched alkanes of at least 4 members (excludes halogenated alkanes) is 6. The zero-order chi connectivity index (χ0) is 74.3. The van der Waals surface area contributed by atoms with Crippen LogP contribution in [0.15, 0.2) is 48.5 Å². The molecular weight excluding hydrogens is 1490 g/mol. The average molecular weight is 1590 g/mol. The van der Waals surface area contributed by atoms with Crippen molar-refractivity contribution in [1.29, 1.82) is 0 Å². The van der Waals surface area contributed by atoms with Crippen LogP contribution in [0.3, 0.4) is 0 Å². The third-order valence-electron chi connectivity index (χ3n) is 17.1. The van der Waals surface area contributed by atoms with E-state index in [0.717, 1.165) is 0 Å². The van der Waals surface area contributed by atoms with Crippen molar-refractivity contribution in [2.24, 2.45) is 5.92 Å². The SMILES string of the molecule is CC(C)c1cc(C[C@@H](NC(=O)CC[C@H](C(=O)O)N2CCN(CC(=O)[O-])CCN(CC(=O)O)CCN(CC(=O)O)CC2)C(=O)C[C@H](Cc2ccccc2)C(=O)N[C@H](CCCCNC(=O)CCCCCCC(=O)CCCCC[C@H](NC(=O)N[C@@H](CCC(=O)O)C(=O)O)C(=O)O)C(=O)O)ccc1O.[177Lu+3]. The maximum Gasteiger partial charge on any atom is 3.00 e. The number of carbonyl (C=O) groups excluding carboxylic acids is 7. The summed E-state index contributed by atoms with van der Waals surface area (Å²) >= 11 is 0. The number of rotatable bonds is 48. The predicted octanol–water partition coefficient (Wildman–Crippen LogP) is 1.52. The molecule has 101 heavy (non-hydrogen) atoms. The van der Waals surface area contributed by atoms with Gasteiger partial charge in [0.25, 0.3) is 0 Å². The second kappa shape index (κ2) is 48.8. The van der Waals surface area contributed by atoms with Crippen LogP contribution >= 0.6 is 0 Å². The van der Waals surface area contributed by atoms with Gasteiger partial charge in [-0.1, -0.05) is 82.0 Å². The van der Waals surface area contributed by atoms with Crippen LogP contribution in [-0.4, -0.2) is 252 Å². The van der Waals surface area contributed by atoms with E-state index in [0.29, 0.717) is 74.5 Å². The first kappa shape index (κ1) is 89.2. The van der Waals surface area contributed by atoms with E-state index in [-0.39, 0.29) is 171 Å². The van der Waals surface area contributed by atoms with E-state index in [4.69, 9.17) is 5.11 Å². The second-order valence-corrected chi connectivity index (χ2v) is 25.5. The Hall–Kier alpha value is -7.91. The summed E-state index contributed by atoms with van der Waals surface area (Å²) in [5.74, 6) is -14.3. The van der Waals surface area contributed by atoms with Crippen molar-refractivity contribution in [1.82, 2.24) is 46.2 Å². The van der Waals surface area contributed by atoms with E-state index < -0.39 is 153 Å². The number of phenolic OH excluding ortho intramolecular Hbond substituents is 1. The predicted molar refractivity (Wildman–Crippen MR) is 357 cm³/mol. The first-order valence-corrected chi connectivity index (χ1v) is 33.9.